The van der Waals surface area contributed by atoms with Crippen LogP contribution in [0.15, 0.2) is 87.5 Å². The molecule has 0 radical (unpaired) electrons. The van der Waals surface area contributed by atoms with Crippen LogP contribution < -0.4 is 5.32 Å². The van der Waals surface area contributed by atoms with E-state index in [0.717, 1.165) is 17.4 Å². The number of thioether (sulfide) groups is 1. The molecule has 0 saturated carbocycles. The van der Waals surface area contributed by atoms with Gasteiger partial charge < -0.3 is 9.73 Å². The zero-order valence-electron chi connectivity index (χ0n) is 18.7. The summed E-state index contributed by atoms with van der Waals surface area (Å²) >= 11 is 1.29. The molecule has 1 unspecified atom stereocenters. The Labute approximate surface area is 202 Å². The van der Waals surface area contributed by atoms with E-state index in [2.05, 4.69) is 15.5 Å². The van der Waals surface area contributed by atoms with Crippen LogP contribution in [-0.4, -0.2) is 41.1 Å². The predicted molar refractivity (Wildman–Crippen MR) is 130 cm³/mol. The van der Waals surface area contributed by atoms with E-state index in [1.165, 1.54) is 11.8 Å². The lowest BCUT2D eigenvalue weighted by atomic mass is 10.1. The monoisotopic (exact) mass is 496 g/mol. The lowest BCUT2D eigenvalue weighted by molar-refractivity contribution is -0.119. The Hall–Kier alpha value is -3.37. The molecule has 2 heterocycles. The second-order valence-electron chi connectivity index (χ2n) is 7.77. The number of benzene rings is 2. The third-order valence-electron chi connectivity index (χ3n) is 5.16. The first-order valence-corrected chi connectivity index (χ1v) is 13.4. The van der Waals surface area contributed by atoms with Gasteiger partial charge in [0.25, 0.3) is 0 Å². The van der Waals surface area contributed by atoms with E-state index >= 15 is 0 Å². The molecular formula is C24H24N4O4S2. The number of amides is 1. The van der Waals surface area contributed by atoms with E-state index in [1.54, 1.807) is 36.6 Å². The highest BCUT2D eigenvalue weighted by Gasteiger charge is 2.19. The van der Waals surface area contributed by atoms with Gasteiger partial charge in [-0.1, -0.05) is 54.2 Å². The van der Waals surface area contributed by atoms with Crippen molar-refractivity contribution in [2.75, 3.05) is 12.0 Å². The van der Waals surface area contributed by atoms with Gasteiger partial charge in [0.1, 0.15) is 0 Å². The molecule has 10 heteroatoms. The van der Waals surface area contributed by atoms with E-state index in [1.807, 2.05) is 47.9 Å². The highest BCUT2D eigenvalue weighted by molar-refractivity contribution is 7.99. The number of nitrogens with one attached hydrogen (secondary N) is 1. The number of sulfone groups is 1. The number of carbonyl (C=O) groups excluding carboxylic acids is 1. The zero-order valence-corrected chi connectivity index (χ0v) is 20.3. The van der Waals surface area contributed by atoms with Crippen LogP contribution in [0.2, 0.25) is 0 Å². The minimum atomic E-state index is -3.26. The van der Waals surface area contributed by atoms with Gasteiger partial charge in [-0.25, -0.2) is 8.42 Å². The highest BCUT2D eigenvalue weighted by Crippen LogP contribution is 2.26. The Morgan fingerprint density at radius 2 is 1.79 bits per heavy atom. The third kappa shape index (κ3) is 5.75. The number of hydrogen-bond donors (Lipinski definition) is 1. The molecule has 176 valence electrons. The number of hydrogen-bond acceptors (Lipinski definition) is 7. The number of nitrogens with zero attached hydrogens (tertiary/aromatic N) is 3. The molecule has 2 aromatic carbocycles. The van der Waals surface area contributed by atoms with Crippen molar-refractivity contribution in [2.24, 2.45) is 0 Å². The first-order valence-electron chi connectivity index (χ1n) is 10.5. The standard InChI is InChI=1S/C24H24N4O4S2/c1-17(19-10-12-20(13-11-19)34(2,30)31)25-22(29)16-33-24-27-26-23(21-9-6-14-32-21)28(24)15-18-7-4-3-5-8-18/h3-14,17H,15-16H2,1-2H3,(H,25,29). The van der Waals surface area contributed by atoms with Crippen molar-refractivity contribution < 1.29 is 17.6 Å². The topological polar surface area (TPSA) is 107 Å². The summed E-state index contributed by atoms with van der Waals surface area (Å²) in [5, 5.41) is 12.1. The van der Waals surface area contributed by atoms with Gasteiger partial charge in [0, 0.05) is 6.26 Å². The maximum absolute atomic E-state index is 12.6. The molecule has 34 heavy (non-hydrogen) atoms. The molecule has 0 aliphatic heterocycles. The van der Waals surface area contributed by atoms with Crippen molar-refractivity contribution in [3.63, 3.8) is 0 Å². The molecule has 8 nitrogen and oxygen atoms in total. The molecule has 0 spiro atoms. The fourth-order valence-electron chi connectivity index (χ4n) is 3.39. The number of rotatable bonds is 9. The van der Waals surface area contributed by atoms with Gasteiger partial charge in [-0.2, -0.15) is 0 Å². The van der Waals surface area contributed by atoms with E-state index in [4.69, 9.17) is 4.42 Å². The van der Waals surface area contributed by atoms with Crippen LogP contribution in [0.3, 0.4) is 0 Å². The van der Waals surface area contributed by atoms with Crippen molar-refractivity contribution in [3.8, 4) is 11.6 Å². The van der Waals surface area contributed by atoms with Crippen LogP contribution in [0.5, 0.6) is 0 Å². The fraction of sp³-hybridized carbons (Fsp3) is 0.208. The van der Waals surface area contributed by atoms with Crippen molar-refractivity contribution in [1.29, 1.82) is 0 Å². The van der Waals surface area contributed by atoms with E-state index in [9.17, 15) is 13.2 Å². The Bertz CT molecular complexity index is 1350. The summed E-state index contributed by atoms with van der Waals surface area (Å²) < 4.78 is 30.7. The SMILES string of the molecule is CC(NC(=O)CSc1nnc(-c2ccco2)n1Cc1ccccc1)c1ccc(S(C)(=O)=O)cc1. The van der Waals surface area contributed by atoms with Crippen LogP contribution >= 0.6 is 11.8 Å². The maximum Gasteiger partial charge on any atom is 0.230 e. The fourth-order valence-corrected chi connectivity index (χ4v) is 4.77. The van der Waals surface area contributed by atoms with Crippen molar-refractivity contribution in [2.45, 2.75) is 29.6 Å². The summed E-state index contributed by atoms with van der Waals surface area (Å²) in [5.41, 5.74) is 1.89. The Morgan fingerprint density at radius 3 is 2.44 bits per heavy atom. The Kier molecular flexibility index (Phi) is 7.18. The quantitative estimate of drug-likeness (QED) is 0.350. The molecule has 2 aromatic heterocycles. The van der Waals surface area contributed by atoms with Gasteiger partial charge in [0.05, 0.1) is 29.5 Å². The first-order chi connectivity index (χ1) is 16.3. The minimum absolute atomic E-state index is 0.150. The lowest BCUT2D eigenvalue weighted by Gasteiger charge is -2.15. The maximum atomic E-state index is 12.6. The third-order valence-corrected chi connectivity index (χ3v) is 7.26. The second kappa shape index (κ2) is 10.3. The van der Waals surface area contributed by atoms with Gasteiger partial charge in [0.15, 0.2) is 20.8 Å². The minimum Gasteiger partial charge on any atom is -0.461 e. The zero-order chi connectivity index (χ0) is 24.1. The van der Waals surface area contributed by atoms with Gasteiger partial charge >= 0.3 is 0 Å². The summed E-state index contributed by atoms with van der Waals surface area (Å²) in [6.45, 7) is 2.39. The Morgan fingerprint density at radius 1 is 1.06 bits per heavy atom. The summed E-state index contributed by atoms with van der Waals surface area (Å²) in [6, 6.07) is 19.8. The van der Waals surface area contributed by atoms with Crippen LogP contribution in [-0.2, 0) is 21.2 Å². The predicted octanol–water partition coefficient (Wildman–Crippen LogP) is 3.96. The molecule has 0 aliphatic rings. The number of furan rings is 1. The molecule has 0 bridgehead atoms. The van der Waals surface area contributed by atoms with Crippen molar-refractivity contribution in [1.82, 2.24) is 20.1 Å². The normalized spacial score (nSPS) is 12.4. The molecule has 0 saturated heterocycles. The average Bonchev–Trinajstić information content (AvgIpc) is 3.48. The largest absolute Gasteiger partial charge is 0.461 e. The van der Waals surface area contributed by atoms with Gasteiger partial charge in [0.2, 0.25) is 11.7 Å². The van der Waals surface area contributed by atoms with Gasteiger partial charge in [-0.05, 0) is 42.3 Å². The number of aromatic nitrogens is 3. The molecular weight excluding hydrogens is 472 g/mol. The summed E-state index contributed by atoms with van der Waals surface area (Å²) in [5.74, 6) is 1.18. The molecule has 4 rings (SSSR count). The lowest BCUT2D eigenvalue weighted by Crippen LogP contribution is -2.28. The second-order valence-corrected chi connectivity index (χ2v) is 10.7. The first kappa shape index (κ1) is 23.8. The van der Waals surface area contributed by atoms with Gasteiger partial charge in [-0.3, -0.25) is 9.36 Å². The number of carbonyl (C=O) groups is 1. The average molecular weight is 497 g/mol. The van der Waals surface area contributed by atoms with E-state index in [0.29, 0.717) is 23.3 Å². The van der Waals surface area contributed by atoms with Crippen LogP contribution in [0.25, 0.3) is 11.6 Å². The molecule has 1 N–H and O–H groups in total. The highest BCUT2D eigenvalue weighted by atomic mass is 32.2. The molecule has 1 atom stereocenters. The molecule has 4 aromatic rings. The van der Waals surface area contributed by atoms with Crippen molar-refractivity contribution >= 4 is 27.5 Å². The van der Waals surface area contributed by atoms with Crippen LogP contribution in [0.1, 0.15) is 24.1 Å². The molecule has 0 fully saturated rings. The molecule has 1 amide bonds. The summed E-state index contributed by atoms with van der Waals surface area (Å²) in [6.07, 6.45) is 2.75. The Balaban J connectivity index is 1.44. The van der Waals surface area contributed by atoms with Gasteiger partial charge in [-0.15, -0.1) is 10.2 Å². The molecule has 0 aliphatic carbocycles. The van der Waals surface area contributed by atoms with Crippen LogP contribution in [0.4, 0.5) is 0 Å². The summed E-state index contributed by atoms with van der Waals surface area (Å²) in [4.78, 5) is 12.9. The van der Waals surface area contributed by atoms with E-state index < -0.39 is 9.84 Å². The summed E-state index contributed by atoms with van der Waals surface area (Å²) in [7, 11) is -3.26. The van der Waals surface area contributed by atoms with Crippen molar-refractivity contribution in [3.05, 3.63) is 84.1 Å². The van der Waals surface area contributed by atoms with Crippen LogP contribution in [0, 0.1) is 0 Å². The smallest absolute Gasteiger partial charge is 0.230 e. The van der Waals surface area contributed by atoms with E-state index in [-0.39, 0.29) is 22.6 Å².